The first-order valence-electron chi connectivity index (χ1n) is 7.74. The maximum atomic E-state index is 12.7. The Morgan fingerprint density at radius 3 is 2.71 bits per heavy atom. The molecular formula is C17H21Cl2NO4. The second-order valence-corrected chi connectivity index (χ2v) is 7.21. The molecule has 2 unspecified atom stereocenters. The van der Waals surface area contributed by atoms with E-state index in [4.69, 9.17) is 27.9 Å². The number of halogens is 2. The van der Waals surface area contributed by atoms with Crippen LogP contribution in [-0.4, -0.2) is 48.7 Å². The minimum absolute atomic E-state index is 0.0692. The van der Waals surface area contributed by atoms with Gasteiger partial charge in [-0.2, -0.15) is 0 Å². The summed E-state index contributed by atoms with van der Waals surface area (Å²) in [6.45, 7) is 2.52. The summed E-state index contributed by atoms with van der Waals surface area (Å²) in [6.07, 6.45) is 0.881. The zero-order chi connectivity index (χ0) is 17.9. The van der Waals surface area contributed by atoms with Gasteiger partial charge in [0, 0.05) is 36.2 Å². The number of amides is 1. The smallest absolute Gasteiger partial charge is 0.313 e. The number of rotatable bonds is 6. The monoisotopic (exact) mass is 373 g/mol. The van der Waals surface area contributed by atoms with Gasteiger partial charge in [-0.25, -0.2) is 0 Å². The average Bonchev–Trinajstić information content (AvgIpc) is 2.95. The molecule has 0 spiro atoms. The number of ether oxygens (including phenoxy) is 1. The van der Waals surface area contributed by atoms with Gasteiger partial charge in [0.05, 0.1) is 6.61 Å². The van der Waals surface area contributed by atoms with Crippen LogP contribution in [0.4, 0.5) is 0 Å². The highest BCUT2D eigenvalue weighted by atomic mass is 35.5. The normalized spacial score (nSPS) is 21.8. The van der Waals surface area contributed by atoms with Crippen LogP contribution in [0.25, 0.3) is 0 Å². The van der Waals surface area contributed by atoms with Crippen LogP contribution in [0.1, 0.15) is 18.9 Å². The first-order chi connectivity index (χ1) is 11.3. The van der Waals surface area contributed by atoms with E-state index >= 15 is 0 Å². The molecule has 0 bridgehead atoms. The molecule has 0 saturated carbocycles. The third kappa shape index (κ3) is 4.02. The minimum atomic E-state index is -1.01. The molecule has 2 rings (SSSR count). The Hall–Kier alpha value is -1.30. The Kier molecular flexibility index (Phi) is 6.12. The number of likely N-dealkylation sites (tertiary alicyclic amines) is 1. The molecule has 0 radical (unpaired) electrons. The predicted octanol–water partition coefficient (Wildman–Crippen LogP) is 3.12. The summed E-state index contributed by atoms with van der Waals surface area (Å²) >= 11 is 12.0. The highest BCUT2D eigenvalue weighted by Crippen LogP contribution is 2.33. The van der Waals surface area contributed by atoms with Crippen LogP contribution < -0.4 is 0 Å². The van der Waals surface area contributed by atoms with Crippen LogP contribution in [0, 0.1) is 11.3 Å². The summed E-state index contributed by atoms with van der Waals surface area (Å²) in [7, 11) is 1.47. The van der Waals surface area contributed by atoms with Gasteiger partial charge >= 0.3 is 5.97 Å². The number of hydrogen-bond donors (Lipinski definition) is 1. The number of hydrogen-bond acceptors (Lipinski definition) is 3. The van der Waals surface area contributed by atoms with E-state index in [1.165, 1.54) is 7.11 Å². The van der Waals surface area contributed by atoms with Crippen molar-refractivity contribution in [2.45, 2.75) is 19.8 Å². The second-order valence-electron chi connectivity index (χ2n) is 6.37. The van der Waals surface area contributed by atoms with Gasteiger partial charge in [-0.3, -0.25) is 9.59 Å². The Bertz CT molecular complexity index is 637. The first-order valence-corrected chi connectivity index (χ1v) is 8.50. The first kappa shape index (κ1) is 19.0. The number of carbonyl (C=O) groups is 2. The number of carboxylic acids is 1. The van der Waals surface area contributed by atoms with Gasteiger partial charge < -0.3 is 14.7 Å². The molecule has 1 fully saturated rings. The van der Waals surface area contributed by atoms with Crippen molar-refractivity contribution in [3.63, 3.8) is 0 Å². The average molecular weight is 374 g/mol. The highest BCUT2D eigenvalue weighted by molar-refractivity contribution is 6.35. The summed E-state index contributed by atoms with van der Waals surface area (Å²) < 4.78 is 5.05. The van der Waals surface area contributed by atoms with Gasteiger partial charge in [-0.1, -0.05) is 36.2 Å². The number of aliphatic carboxylic acids is 1. The van der Waals surface area contributed by atoms with Crippen LogP contribution in [-0.2, 0) is 20.7 Å². The molecular weight excluding hydrogens is 353 g/mol. The van der Waals surface area contributed by atoms with E-state index in [0.29, 0.717) is 29.4 Å². The van der Waals surface area contributed by atoms with Gasteiger partial charge in [0.25, 0.3) is 0 Å². The largest absolute Gasteiger partial charge is 0.481 e. The van der Waals surface area contributed by atoms with Crippen LogP contribution in [0.15, 0.2) is 18.2 Å². The maximum absolute atomic E-state index is 12.7. The lowest BCUT2D eigenvalue weighted by molar-refractivity contribution is -0.151. The minimum Gasteiger partial charge on any atom is -0.481 e. The third-order valence-electron chi connectivity index (χ3n) is 4.50. The Morgan fingerprint density at radius 2 is 2.12 bits per heavy atom. The molecule has 1 amide bonds. The topological polar surface area (TPSA) is 66.8 Å². The molecule has 1 aromatic carbocycles. The third-order valence-corrected chi connectivity index (χ3v) is 5.09. The number of methoxy groups -OCH3 is 1. The fraction of sp³-hybridized carbons (Fsp3) is 0.529. The molecule has 1 saturated heterocycles. The molecule has 1 aliphatic rings. The van der Waals surface area contributed by atoms with Gasteiger partial charge in [0.15, 0.2) is 0 Å². The van der Waals surface area contributed by atoms with Crippen LogP contribution >= 0.6 is 23.2 Å². The Labute approximate surface area is 151 Å². The van der Waals surface area contributed by atoms with Crippen molar-refractivity contribution in [2.24, 2.45) is 11.3 Å². The van der Waals surface area contributed by atoms with E-state index in [2.05, 4.69) is 0 Å². The van der Waals surface area contributed by atoms with Crippen molar-refractivity contribution < 1.29 is 19.4 Å². The zero-order valence-corrected chi connectivity index (χ0v) is 15.2. The summed E-state index contributed by atoms with van der Waals surface area (Å²) in [4.78, 5) is 25.8. The van der Waals surface area contributed by atoms with Crippen molar-refractivity contribution in [1.29, 1.82) is 0 Å². The number of nitrogens with zero attached hydrogens (tertiary/aromatic N) is 1. The molecule has 0 aromatic heterocycles. The van der Waals surface area contributed by atoms with E-state index < -0.39 is 11.4 Å². The van der Waals surface area contributed by atoms with Gasteiger partial charge in [0.2, 0.25) is 5.91 Å². The van der Waals surface area contributed by atoms with Gasteiger partial charge in [-0.15, -0.1) is 0 Å². The number of benzene rings is 1. The van der Waals surface area contributed by atoms with Crippen molar-refractivity contribution in [3.05, 3.63) is 33.8 Å². The lowest BCUT2D eigenvalue weighted by Gasteiger charge is -2.25. The van der Waals surface area contributed by atoms with E-state index in [1.807, 2.05) is 13.0 Å². The van der Waals surface area contributed by atoms with Crippen LogP contribution in [0.3, 0.4) is 0 Å². The number of carboxylic acid groups (broad SMARTS) is 1. The lowest BCUT2D eigenvalue weighted by Crippen LogP contribution is -2.41. The van der Waals surface area contributed by atoms with Gasteiger partial charge in [-0.05, 0) is 30.5 Å². The Morgan fingerprint density at radius 1 is 1.42 bits per heavy atom. The molecule has 5 nitrogen and oxygen atoms in total. The molecule has 1 aliphatic heterocycles. The van der Waals surface area contributed by atoms with E-state index in [0.717, 1.165) is 5.56 Å². The van der Waals surface area contributed by atoms with E-state index in [1.54, 1.807) is 17.0 Å². The number of carbonyl (C=O) groups excluding carboxylic acids is 1. The fourth-order valence-corrected chi connectivity index (χ4v) is 3.59. The molecule has 24 heavy (non-hydrogen) atoms. The Balaban J connectivity index is 2.05. The molecule has 0 aliphatic carbocycles. The maximum Gasteiger partial charge on any atom is 0.313 e. The van der Waals surface area contributed by atoms with Gasteiger partial charge in [0.1, 0.15) is 5.41 Å². The quantitative estimate of drug-likeness (QED) is 0.831. The van der Waals surface area contributed by atoms with E-state index in [9.17, 15) is 14.7 Å². The van der Waals surface area contributed by atoms with Crippen LogP contribution in [0.5, 0.6) is 0 Å². The zero-order valence-electron chi connectivity index (χ0n) is 13.7. The molecule has 1 heterocycles. The van der Waals surface area contributed by atoms with Crippen molar-refractivity contribution >= 4 is 35.1 Å². The molecule has 7 heteroatoms. The fourth-order valence-electron chi connectivity index (χ4n) is 3.11. The summed E-state index contributed by atoms with van der Waals surface area (Å²) in [5.41, 5.74) is -0.162. The van der Waals surface area contributed by atoms with Crippen molar-refractivity contribution in [2.75, 3.05) is 26.8 Å². The molecule has 1 N–H and O–H groups in total. The summed E-state index contributed by atoms with van der Waals surface area (Å²) in [5, 5.41) is 10.6. The van der Waals surface area contributed by atoms with Crippen molar-refractivity contribution in [3.8, 4) is 0 Å². The predicted molar refractivity (Wildman–Crippen MR) is 92.5 cm³/mol. The summed E-state index contributed by atoms with van der Waals surface area (Å²) in [5.74, 6) is -1.29. The molecule has 2 atom stereocenters. The van der Waals surface area contributed by atoms with E-state index in [-0.39, 0.29) is 25.0 Å². The highest BCUT2D eigenvalue weighted by Gasteiger charge is 2.46. The van der Waals surface area contributed by atoms with Crippen molar-refractivity contribution in [1.82, 2.24) is 4.90 Å². The molecule has 132 valence electrons. The lowest BCUT2D eigenvalue weighted by atomic mass is 9.88. The second kappa shape index (κ2) is 7.72. The van der Waals surface area contributed by atoms with Crippen LogP contribution in [0.2, 0.25) is 10.0 Å². The molecule has 1 aromatic rings. The standard InChI is InChI=1S/C17H21Cl2NO4/c1-11(7-12-3-4-13(18)8-14(12)19)15(21)20-6-5-17(9-20,10-24-2)16(22)23/h3-4,8,11H,5-7,9-10H2,1-2H3,(H,22,23). The SMILES string of the molecule is COCC1(C(=O)O)CCN(C(=O)C(C)Cc2ccc(Cl)cc2Cl)C1. The summed E-state index contributed by atoms with van der Waals surface area (Å²) in [6, 6.07) is 5.20.